The number of benzene rings is 2. The van der Waals surface area contributed by atoms with E-state index in [1.165, 1.54) is 24.3 Å². The molecule has 0 aliphatic carbocycles. The molecule has 2 N–H and O–H groups in total. The lowest BCUT2D eigenvalue weighted by Gasteiger charge is -2.33. The van der Waals surface area contributed by atoms with Gasteiger partial charge in [0.25, 0.3) is 10.0 Å². The van der Waals surface area contributed by atoms with Crippen LogP contribution in [-0.4, -0.2) is 44.3 Å². The molecule has 1 saturated heterocycles. The van der Waals surface area contributed by atoms with E-state index in [4.69, 9.17) is 0 Å². The topological polar surface area (TPSA) is 90.9 Å². The minimum atomic E-state index is -3.74. The molecule has 7 nitrogen and oxygen atoms in total. The maximum absolute atomic E-state index is 13.0. The zero-order chi connectivity index (χ0) is 22.0. The molecule has 0 bridgehead atoms. The summed E-state index contributed by atoms with van der Waals surface area (Å²) in [4.78, 5) is 14.4. The minimum Gasteiger partial charge on any atom is -0.356 e. The van der Waals surface area contributed by atoms with Crippen molar-refractivity contribution in [3.05, 3.63) is 71.6 Å². The number of sulfonamides is 1. The Morgan fingerprint density at radius 1 is 1.06 bits per heavy atom. The summed E-state index contributed by atoms with van der Waals surface area (Å²) < 4.78 is 42.4. The fraction of sp³-hybridized carbons (Fsp3) is 0.273. The molecule has 1 fully saturated rings. The molecule has 2 aromatic rings. The fourth-order valence-corrected chi connectivity index (χ4v) is 5.38. The second kappa shape index (κ2) is 8.50. The second-order valence-corrected chi connectivity index (χ2v) is 9.12. The molecule has 162 valence electrons. The van der Waals surface area contributed by atoms with Gasteiger partial charge < -0.3 is 15.5 Å². The van der Waals surface area contributed by atoms with E-state index in [1.807, 2.05) is 11.0 Å². The van der Waals surface area contributed by atoms with Crippen LogP contribution in [0.5, 0.6) is 0 Å². The molecule has 9 heteroatoms. The van der Waals surface area contributed by atoms with Gasteiger partial charge in [0, 0.05) is 30.4 Å². The smallest absolute Gasteiger partial charge is 0.319 e. The third kappa shape index (κ3) is 4.61. The van der Waals surface area contributed by atoms with Gasteiger partial charge in [-0.1, -0.05) is 30.3 Å². The Balaban J connectivity index is 1.38. The molecule has 2 aliphatic heterocycles. The number of amidine groups is 1. The number of carbonyl (C=O) groups is 1. The molecule has 0 aromatic heterocycles. The Labute approximate surface area is 180 Å². The number of anilines is 1. The van der Waals surface area contributed by atoms with E-state index < -0.39 is 10.0 Å². The predicted molar refractivity (Wildman–Crippen MR) is 119 cm³/mol. The van der Waals surface area contributed by atoms with Crippen molar-refractivity contribution in [3.8, 4) is 0 Å². The Kier molecular flexibility index (Phi) is 5.77. The van der Waals surface area contributed by atoms with E-state index in [1.54, 1.807) is 31.2 Å². The van der Waals surface area contributed by atoms with Gasteiger partial charge in [-0.3, -0.25) is 0 Å². The molecular formula is C22H23FN4O3S. The van der Waals surface area contributed by atoms with Crippen LogP contribution in [0.3, 0.4) is 0 Å². The van der Waals surface area contributed by atoms with Gasteiger partial charge in [-0.05, 0) is 49.6 Å². The quantitative estimate of drug-likeness (QED) is 0.760. The molecule has 0 spiro atoms. The van der Waals surface area contributed by atoms with Gasteiger partial charge in [0.15, 0.2) is 0 Å². The van der Waals surface area contributed by atoms with Crippen molar-refractivity contribution in [2.75, 3.05) is 18.4 Å². The number of likely N-dealkylation sites (tertiary alicyclic amines) is 1. The lowest BCUT2D eigenvalue weighted by Crippen LogP contribution is -2.47. The molecule has 0 radical (unpaired) electrons. The molecule has 2 heterocycles. The highest BCUT2D eigenvalue weighted by Crippen LogP contribution is 2.34. The molecule has 0 saturated carbocycles. The van der Waals surface area contributed by atoms with E-state index in [9.17, 15) is 17.6 Å². The van der Waals surface area contributed by atoms with Crippen molar-refractivity contribution >= 4 is 32.5 Å². The number of hydrogen-bond donors (Lipinski definition) is 2. The van der Waals surface area contributed by atoms with Crippen LogP contribution in [0.15, 0.2) is 64.6 Å². The summed E-state index contributed by atoms with van der Waals surface area (Å²) in [5.74, 6) is 0.114. The predicted octanol–water partition coefficient (Wildman–Crippen LogP) is 3.58. The molecule has 2 aliphatic rings. The summed E-state index contributed by atoms with van der Waals surface area (Å²) in [5, 5.41) is 5.60. The van der Waals surface area contributed by atoms with E-state index in [0.29, 0.717) is 48.6 Å². The van der Waals surface area contributed by atoms with Crippen molar-refractivity contribution in [2.45, 2.75) is 25.8 Å². The van der Waals surface area contributed by atoms with Crippen LogP contribution in [0.2, 0.25) is 0 Å². The van der Waals surface area contributed by atoms with Crippen molar-refractivity contribution in [1.29, 1.82) is 0 Å². The van der Waals surface area contributed by atoms with E-state index >= 15 is 0 Å². The van der Waals surface area contributed by atoms with E-state index in [2.05, 4.69) is 15.0 Å². The molecule has 2 aromatic carbocycles. The Morgan fingerprint density at radius 3 is 2.35 bits per heavy atom. The van der Waals surface area contributed by atoms with Gasteiger partial charge in [-0.25, -0.2) is 9.18 Å². The Bertz CT molecular complexity index is 1140. The van der Waals surface area contributed by atoms with Gasteiger partial charge >= 0.3 is 6.03 Å². The van der Waals surface area contributed by atoms with Crippen molar-refractivity contribution < 1.29 is 17.6 Å². The average Bonchev–Trinajstić information content (AvgIpc) is 2.99. The summed E-state index contributed by atoms with van der Waals surface area (Å²) in [5.41, 5.74) is 1.79. The normalized spacial score (nSPS) is 18.6. The van der Waals surface area contributed by atoms with Crippen LogP contribution in [0.1, 0.15) is 25.3 Å². The highest BCUT2D eigenvalue weighted by atomic mass is 32.2. The van der Waals surface area contributed by atoms with Crippen LogP contribution < -0.4 is 10.6 Å². The molecule has 0 atom stereocenters. The van der Waals surface area contributed by atoms with Gasteiger partial charge in [0.1, 0.15) is 16.6 Å². The highest BCUT2D eigenvalue weighted by molar-refractivity contribution is 8.00. The summed E-state index contributed by atoms with van der Waals surface area (Å²) in [6.07, 6.45) is 1.31. The number of piperidine rings is 1. The number of nitrogens with one attached hydrogen (secondary N) is 2. The lowest BCUT2D eigenvalue weighted by molar-refractivity contribution is 0.237. The van der Waals surface area contributed by atoms with Gasteiger partial charge in [-0.15, -0.1) is 4.40 Å². The number of amides is 2. The number of carbonyl (C=O) groups excluding carboxylic acids is 1. The van der Waals surface area contributed by atoms with E-state index in [0.717, 1.165) is 0 Å². The third-order valence-electron chi connectivity index (χ3n) is 5.41. The highest BCUT2D eigenvalue weighted by Gasteiger charge is 2.34. The zero-order valence-electron chi connectivity index (χ0n) is 17.0. The Hall–Kier alpha value is -3.20. The Morgan fingerprint density at radius 2 is 1.71 bits per heavy atom. The van der Waals surface area contributed by atoms with Crippen molar-refractivity contribution in [2.24, 2.45) is 4.40 Å². The molecular weight excluding hydrogens is 419 g/mol. The van der Waals surface area contributed by atoms with Crippen LogP contribution in [0, 0.1) is 5.82 Å². The first-order valence-electron chi connectivity index (χ1n) is 10.0. The van der Waals surface area contributed by atoms with Gasteiger partial charge in [-0.2, -0.15) is 8.42 Å². The van der Waals surface area contributed by atoms with Crippen LogP contribution >= 0.6 is 0 Å². The number of rotatable bonds is 3. The summed E-state index contributed by atoms with van der Waals surface area (Å²) in [7, 11) is -3.74. The van der Waals surface area contributed by atoms with Crippen LogP contribution in [0.4, 0.5) is 14.9 Å². The van der Waals surface area contributed by atoms with Crippen molar-refractivity contribution in [3.63, 3.8) is 0 Å². The largest absolute Gasteiger partial charge is 0.356 e. The summed E-state index contributed by atoms with van der Waals surface area (Å²) in [6, 6.07) is 14.1. The third-order valence-corrected chi connectivity index (χ3v) is 6.88. The van der Waals surface area contributed by atoms with Crippen molar-refractivity contribution in [1.82, 2.24) is 10.2 Å². The SMILES string of the molecule is CC1=C(c2ccccc2)S(=O)(=O)N=C1N1CCC(NC(=O)Nc2ccc(F)cc2)CC1. The first-order valence-corrected chi connectivity index (χ1v) is 11.5. The number of halogens is 1. The number of hydrogen-bond acceptors (Lipinski definition) is 4. The monoisotopic (exact) mass is 442 g/mol. The number of urea groups is 1. The number of nitrogens with zero attached hydrogens (tertiary/aromatic N) is 2. The molecule has 0 unspecified atom stereocenters. The van der Waals surface area contributed by atoms with E-state index in [-0.39, 0.29) is 22.8 Å². The lowest BCUT2D eigenvalue weighted by atomic mass is 10.0. The molecule has 31 heavy (non-hydrogen) atoms. The first kappa shape index (κ1) is 21.0. The maximum Gasteiger partial charge on any atom is 0.319 e. The molecule has 2 amide bonds. The molecule has 4 rings (SSSR count). The second-order valence-electron chi connectivity index (χ2n) is 7.58. The fourth-order valence-electron chi connectivity index (χ4n) is 3.89. The van der Waals surface area contributed by atoms with Gasteiger partial charge in [0.2, 0.25) is 0 Å². The standard InChI is InChI=1S/C22H23FN4O3S/c1-15-20(16-5-3-2-4-6-16)31(29,30)26-21(15)27-13-11-19(12-14-27)25-22(28)24-18-9-7-17(23)8-10-18/h2-10,19H,11-14H2,1H3,(H2,24,25,28). The summed E-state index contributed by atoms with van der Waals surface area (Å²) >= 11 is 0. The first-order chi connectivity index (χ1) is 14.8. The van der Waals surface area contributed by atoms with Crippen LogP contribution in [0.25, 0.3) is 4.91 Å². The van der Waals surface area contributed by atoms with Gasteiger partial charge in [0.05, 0.1) is 0 Å². The maximum atomic E-state index is 13.0. The minimum absolute atomic E-state index is 0.0480. The zero-order valence-corrected chi connectivity index (χ0v) is 17.8. The average molecular weight is 443 g/mol. The summed E-state index contributed by atoms with van der Waals surface area (Å²) in [6.45, 7) is 2.94. The van der Waals surface area contributed by atoms with Crippen LogP contribution in [-0.2, 0) is 10.0 Å².